The maximum absolute atomic E-state index is 10.7. The molecule has 0 fully saturated rings. The minimum absolute atomic E-state index is 0.0330. The Kier molecular flexibility index (Phi) is 3.89. The molecule has 0 aliphatic heterocycles. The fraction of sp³-hybridized carbons (Fsp3) is 0.462. The van der Waals surface area contributed by atoms with E-state index in [1.807, 2.05) is 6.08 Å². The molecule has 0 radical (unpaired) electrons. The molecule has 2 heteroatoms. The summed E-state index contributed by atoms with van der Waals surface area (Å²) >= 11 is 0. The van der Waals surface area contributed by atoms with E-state index in [-0.39, 0.29) is 11.3 Å². The fourth-order valence-electron chi connectivity index (χ4n) is 1.60. The summed E-state index contributed by atoms with van der Waals surface area (Å²) < 4.78 is 0. The van der Waals surface area contributed by atoms with Crippen LogP contribution in [0.15, 0.2) is 36.0 Å². The van der Waals surface area contributed by atoms with Crippen molar-refractivity contribution in [1.82, 2.24) is 5.32 Å². The zero-order valence-electron chi connectivity index (χ0n) is 9.71. The summed E-state index contributed by atoms with van der Waals surface area (Å²) in [5, 5.41) is 2.81. The molecule has 82 valence electrons. The first-order valence-electron chi connectivity index (χ1n) is 5.32. The van der Waals surface area contributed by atoms with Crippen LogP contribution in [0.4, 0.5) is 0 Å². The number of carbonyl (C=O) groups is 1. The van der Waals surface area contributed by atoms with Gasteiger partial charge in [0.05, 0.1) is 0 Å². The third kappa shape index (κ3) is 4.63. The van der Waals surface area contributed by atoms with Gasteiger partial charge in [0.1, 0.15) is 0 Å². The Morgan fingerprint density at radius 1 is 1.40 bits per heavy atom. The lowest BCUT2D eigenvalue weighted by atomic mass is 9.90. The molecule has 1 amide bonds. The van der Waals surface area contributed by atoms with Crippen molar-refractivity contribution in [2.24, 2.45) is 5.41 Å². The monoisotopic (exact) mass is 205 g/mol. The van der Waals surface area contributed by atoms with Gasteiger partial charge in [0.15, 0.2) is 0 Å². The van der Waals surface area contributed by atoms with Gasteiger partial charge < -0.3 is 5.32 Å². The van der Waals surface area contributed by atoms with Gasteiger partial charge in [0.2, 0.25) is 5.91 Å². The molecule has 0 saturated carbocycles. The highest BCUT2D eigenvalue weighted by atomic mass is 16.1. The van der Waals surface area contributed by atoms with Gasteiger partial charge in [-0.05, 0) is 12.0 Å². The SMILES string of the molecule is CC(=O)NCCC1=CC(C)(C)C=CC=C1. The molecule has 0 aromatic heterocycles. The summed E-state index contributed by atoms with van der Waals surface area (Å²) in [6.45, 7) is 6.61. The average Bonchev–Trinajstić information content (AvgIpc) is 2.26. The standard InChI is InChI=1S/C13H19NO/c1-11(15)14-9-7-12-6-4-5-8-13(2,3)10-12/h4-6,8,10H,7,9H2,1-3H3,(H,14,15). The van der Waals surface area contributed by atoms with Crippen LogP contribution in [0.3, 0.4) is 0 Å². The van der Waals surface area contributed by atoms with Crippen molar-refractivity contribution in [3.63, 3.8) is 0 Å². The molecule has 1 rings (SSSR count). The van der Waals surface area contributed by atoms with Crippen LogP contribution in [0.1, 0.15) is 27.2 Å². The maximum Gasteiger partial charge on any atom is 0.216 e. The molecule has 0 bridgehead atoms. The lowest BCUT2D eigenvalue weighted by Gasteiger charge is -2.15. The Hall–Kier alpha value is -1.31. The fourth-order valence-corrected chi connectivity index (χ4v) is 1.60. The first kappa shape index (κ1) is 11.8. The minimum atomic E-state index is 0.0330. The minimum Gasteiger partial charge on any atom is -0.356 e. The predicted octanol–water partition coefficient (Wildman–Crippen LogP) is 2.59. The predicted molar refractivity (Wildman–Crippen MR) is 63.4 cm³/mol. The molecule has 0 heterocycles. The third-order valence-corrected chi connectivity index (χ3v) is 2.29. The lowest BCUT2D eigenvalue weighted by molar-refractivity contribution is -0.118. The molecular weight excluding hydrogens is 186 g/mol. The van der Waals surface area contributed by atoms with Crippen molar-refractivity contribution in [2.75, 3.05) is 6.54 Å². The summed E-state index contributed by atoms with van der Waals surface area (Å²) in [6, 6.07) is 0. The zero-order valence-corrected chi connectivity index (χ0v) is 9.71. The van der Waals surface area contributed by atoms with Gasteiger partial charge >= 0.3 is 0 Å². The van der Waals surface area contributed by atoms with Crippen LogP contribution >= 0.6 is 0 Å². The number of amides is 1. The van der Waals surface area contributed by atoms with Gasteiger partial charge in [-0.15, -0.1) is 0 Å². The molecule has 1 N–H and O–H groups in total. The van der Waals surface area contributed by atoms with Crippen LogP contribution in [0, 0.1) is 5.41 Å². The van der Waals surface area contributed by atoms with Crippen LogP contribution in [0.25, 0.3) is 0 Å². The first-order chi connectivity index (χ1) is 6.99. The highest BCUT2D eigenvalue weighted by Gasteiger charge is 2.11. The third-order valence-electron chi connectivity index (χ3n) is 2.29. The maximum atomic E-state index is 10.7. The van der Waals surface area contributed by atoms with Crippen molar-refractivity contribution >= 4 is 5.91 Å². The van der Waals surface area contributed by atoms with E-state index in [1.165, 1.54) is 5.57 Å². The van der Waals surface area contributed by atoms with E-state index < -0.39 is 0 Å². The number of carbonyl (C=O) groups excluding carboxylic acids is 1. The van der Waals surface area contributed by atoms with E-state index in [0.717, 1.165) is 6.42 Å². The summed E-state index contributed by atoms with van der Waals surface area (Å²) in [4.78, 5) is 10.7. The molecule has 1 aliphatic rings. The molecule has 0 saturated heterocycles. The second kappa shape index (κ2) is 4.96. The Labute approximate surface area is 91.8 Å². The van der Waals surface area contributed by atoms with Gasteiger partial charge in [0, 0.05) is 18.9 Å². The van der Waals surface area contributed by atoms with Gasteiger partial charge in [0.25, 0.3) is 0 Å². The van der Waals surface area contributed by atoms with Crippen molar-refractivity contribution in [2.45, 2.75) is 27.2 Å². The van der Waals surface area contributed by atoms with E-state index in [2.05, 4.69) is 43.5 Å². The Bertz CT molecular complexity index is 321. The second-order valence-corrected chi connectivity index (χ2v) is 4.49. The van der Waals surface area contributed by atoms with Crippen molar-refractivity contribution in [3.8, 4) is 0 Å². The van der Waals surface area contributed by atoms with E-state index in [4.69, 9.17) is 0 Å². The summed E-state index contributed by atoms with van der Waals surface area (Å²) in [5.74, 6) is 0.0330. The zero-order chi connectivity index (χ0) is 11.3. The highest BCUT2D eigenvalue weighted by Crippen LogP contribution is 2.24. The van der Waals surface area contributed by atoms with E-state index >= 15 is 0 Å². The van der Waals surface area contributed by atoms with E-state index in [9.17, 15) is 4.79 Å². The van der Waals surface area contributed by atoms with Gasteiger partial charge in [-0.3, -0.25) is 4.79 Å². The molecular formula is C13H19NO. The topological polar surface area (TPSA) is 29.1 Å². The molecule has 0 spiro atoms. The number of rotatable bonds is 3. The van der Waals surface area contributed by atoms with Crippen LogP contribution in [-0.4, -0.2) is 12.5 Å². The lowest BCUT2D eigenvalue weighted by Crippen LogP contribution is -2.21. The Morgan fingerprint density at radius 2 is 2.13 bits per heavy atom. The quantitative estimate of drug-likeness (QED) is 0.754. The van der Waals surface area contributed by atoms with Gasteiger partial charge in [-0.2, -0.15) is 0 Å². The number of hydrogen-bond donors (Lipinski definition) is 1. The van der Waals surface area contributed by atoms with Crippen molar-refractivity contribution in [3.05, 3.63) is 36.0 Å². The molecule has 1 aliphatic carbocycles. The summed E-state index contributed by atoms with van der Waals surface area (Å²) in [5.41, 5.74) is 1.38. The first-order valence-corrected chi connectivity index (χ1v) is 5.32. The average molecular weight is 205 g/mol. The molecule has 0 atom stereocenters. The summed E-state index contributed by atoms with van der Waals surface area (Å²) in [6.07, 6.45) is 11.5. The van der Waals surface area contributed by atoms with Crippen molar-refractivity contribution in [1.29, 1.82) is 0 Å². The Morgan fingerprint density at radius 3 is 2.80 bits per heavy atom. The number of allylic oxidation sites excluding steroid dienone is 5. The molecule has 0 aromatic carbocycles. The molecule has 2 nitrogen and oxygen atoms in total. The van der Waals surface area contributed by atoms with Crippen LogP contribution in [-0.2, 0) is 4.79 Å². The highest BCUT2D eigenvalue weighted by molar-refractivity contribution is 5.72. The molecule has 0 aromatic rings. The second-order valence-electron chi connectivity index (χ2n) is 4.49. The van der Waals surface area contributed by atoms with Crippen LogP contribution in [0.2, 0.25) is 0 Å². The van der Waals surface area contributed by atoms with Gasteiger partial charge in [-0.25, -0.2) is 0 Å². The molecule has 15 heavy (non-hydrogen) atoms. The molecule has 0 unspecified atom stereocenters. The van der Waals surface area contributed by atoms with Gasteiger partial charge in [-0.1, -0.05) is 44.2 Å². The van der Waals surface area contributed by atoms with E-state index in [0.29, 0.717) is 6.54 Å². The largest absolute Gasteiger partial charge is 0.356 e. The van der Waals surface area contributed by atoms with Crippen LogP contribution < -0.4 is 5.32 Å². The normalized spacial score (nSPS) is 18.2. The smallest absolute Gasteiger partial charge is 0.216 e. The number of nitrogens with one attached hydrogen (secondary N) is 1. The summed E-state index contributed by atoms with van der Waals surface area (Å²) in [7, 11) is 0. The van der Waals surface area contributed by atoms with E-state index in [1.54, 1.807) is 6.92 Å². The number of hydrogen-bond acceptors (Lipinski definition) is 1. The van der Waals surface area contributed by atoms with Crippen LogP contribution in [0.5, 0.6) is 0 Å². The van der Waals surface area contributed by atoms with Crippen molar-refractivity contribution < 1.29 is 4.79 Å². The Balaban J connectivity index is 2.54.